The number of carbonyl (C=O) groups excluding carboxylic acids is 1. The van der Waals surface area contributed by atoms with Crippen molar-refractivity contribution in [2.24, 2.45) is 7.05 Å². The van der Waals surface area contributed by atoms with Crippen molar-refractivity contribution in [1.29, 1.82) is 0 Å². The Hall–Kier alpha value is -2.15. The lowest BCUT2D eigenvalue weighted by atomic mass is 9.96. The molecule has 0 saturated carbocycles. The summed E-state index contributed by atoms with van der Waals surface area (Å²) in [6, 6.07) is 0.352. The fourth-order valence-electron chi connectivity index (χ4n) is 3.30. The zero-order chi connectivity index (χ0) is 17.4. The summed E-state index contributed by atoms with van der Waals surface area (Å²) < 4.78 is 3.95. The van der Waals surface area contributed by atoms with Gasteiger partial charge < -0.3 is 9.47 Å². The number of nitrogens with zero attached hydrogens (tertiary/aromatic N) is 6. The van der Waals surface area contributed by atoms with Crippen molar-refractivity contribution in [3.05, 3.63) is 35.7 Å². The molecule has 7 heteroatoms. The maximum Gasteiger partial charge on any atom is 0.232 e. The fourth-order valence-corrected chi connectivity index (χ4v) is 3.30. The second kappa shape index (κ2) is 6.39. The van der Waals surface area contributed by atoms with Crippen LogP contribution in [0.5, 0.6) is 0 Å². The molecule has 7 nitrogen and oxygen atoms in total. The van der Waals surface area contributed by atoms with Gasteiger partial charge in [-0.25, -0.2) is 4.98 Å². The van der Waals surface area contributed by atoms with E-state index in [1.54, 1.807) is 11.2 Å². The number of carbonyl (C=O) groups is 1. The fraction of sp³-hybridized carbons (Fsp3) is 0.588. The molecule has 0 radical (unpaired) electrons. The van der Waals surface area contributed by atoms with Gasteiger partial charge in [-0.3, -0.25) is 14.4 Å². The minimum absolute atomic E-state index is 0.127. The molecule has 2 aromatic rings. The molecule has 0 saturated heterocycles. The number of hydrogen-bond donors (Lipinski definition) is 0. The third-order valence-electron chi connectivity index (χ3n) is 4.54. The third kappa shape index (κ3) is 3.08. The molecule has 1 amide bonds. The Bertz CT molecular complexity index is 729. The Morgan fingerprint density at radius 1 is 1.42 bits per heavy atom. The van der Waals surface area contributed by atoms with Crippen LogP contribution in [0, 0.1) is 0 Å². The average molecular weight is 330 g/mol. The van der Waals surface area contributed by atoms with Crippen molar-refractivity contribution in [3.8, 4) is 0 Å². The highest BCUT2D eigenvalue weighted by Crippen LogP contribution is 2.29. The number of fused-ring (bicyclic) bond motifs is 1. The van der Waals surface area contributed by atoms with E-state index in [9.17, 15) is 4.79 Å². The number of rotatable bonds is 4. The second-order valence-corrected chi connectivity index (χ2v) is 7.06. The van der Waals surface area contributed by atoms with Crippen LogP contribution in [0.3, 0.4) is 0 Å². The molecule has 0 unspecified atom stereocenters. The molecule has 1 atom stereocenters. The van der Waals surface area contributed by atoms with Gasteiger partial charge in [-0.1, -0.05) is 0 Å². The normalized spacial score (nSPS) is 18.0. The van der Waals surface area contributed by atoms with Gasteiger partial charge in [0, 0.05) is 58.6 Å². The molecule has 0 N–H and O–H groups in total. The molecule has 1 aliphatic heterocycles. The van der Waals surface area contributed by atoms with Crippen LogP contribution >= 0.6 is 0 Å². The summed E-state index contributed by atoms with van der Waals surface area (Å²) in [6.07, 6.45) is 5.80. The lowest BCUT2D eigenvalue weighted by molar-refractivity contribution is -0.131. The summed E-state index contributed by atoms with van der Waals surface area (Å²) in [5.74, 6) is -0.0428. The van der Waals surface area contributed by atoms with E-state index in [0.717, 1.165) is 24.5 Å². The van der Waals surface area contributed by atoms with Gasteiger partial charge >= 0.3 is 0 Å². The van der Waals surface area contributed by atoms with Gasteiger partial charge in [0.2, 0.25) is 5.91 Å². The zero-order valence-electron chi connectivity index (χ0n) is 15.1. The Kier molecular flexibility index (Phi) is 4.45. The highest BCUT2D eigenvalue weighted by molar-refractivity contribution is 5.83. The Morgan fingerprint density at radius 2 is 2.17 bits per heavy atom. The SMILES string of the molecule is CC(C)n1cc(CN2Cc3ncn(C)c3[C@H](C(=O)N(C)C)C2)cn1. The van der Waals surface area contributed by atoms with E-state index < -0.39 is 0 Å². The van der Waals surface area contributed by atoms with E-state index in [0.29, 0.717) is 12.6 Å². The van der Waals surface area contributed by atoms with Crippen molar-refractivity contribution in [1.82, 2.24) is 29.1 Å². The summed E-state index contributed by atoms with van der Waals surface area (Å²) in [5, 5.41) is 4.41. The first-order chi connectivity index (χ1) is 11.4. The summed E-state index contributed by atoms with van der Waals surface area (Å²) >= 11 is 0. The molecular weight excluding hydrogens is 304 g/mol. The predicted molar refractivity (Wildman–Crippen MR) is 91.4 cm³/mol. The van der Waals surface area contributed by atoms with E-state index in [-0.39, 0.29) is 11.8 Å². The van der Waals surface area contributed by atoms with E-state index >= 15 is 0 Å². The highest BCUT2D eigenvalue weighted by atomic mass is 16.2. The van der Waals surface area contributed by atoms with Gasteiger partial charge in [0.1, 0.15) is 0 Å². The average Bonchev–Trinajstić information content (AvgIpc) is 3.13. The van der Waals surface area contributed by atoms with Gasteiger partial charge in [0.25, 0.3) is 0 Å². The van der Waals surface area contributed by atoms with Crippen molar-refractivity contribution >= 4 is 5.91 Å². The first kappa shape index (κ1) is 16.7. The molecular formula is C17H26N6O. The number of hydrogen-bond acceptors (Lipinski definition) is 4. The van der Waals surface area contributed by atoms with Crippen LogP contribution < -0.4 is 0 Å². The summed E-state index contributed by atoms with van der Waals surface area (Å²) in [4.78, 5) is 21.1. The molecule has 0 bridgehead atoms. The molecule has 0 aliphatic carbocycles. The summed E-state index contributed by atoms with van der Waals surface area (Å²) in [5.41, 5.74) is 3.21. The molecule has 0 aromatic carbocycles. The zero-order valence-corrected chi connectivity index (χ0v) is 15.1. The minimum Gasteiger partial charge on any atom is -0.348 e. The molecule has 3 rings (SSSR count). The maximum absolute atomic E-state index is 12.6. The Balaban J connectivity index is 1.82. The van der Waals surface area contributed by atoms with Crippen LogP contribution in [-0.4, -0.2) is 55.7 Å². The second-order valence-electron chi connectivity index (χ2n) is 7.06. The van der Waals surface area contributed by atoms with Crippen molar-refractivity contribution in [3.63, 3.8) is 0 Å². The van der Waals surface area contributed by atoms with Gasteiger partial charge in [-0.2, -0.15) is 5.10 Å². The lowest BCUT2D eigenvalue weighted by Gasteiger charge is -2.33. The first-order valence-electron chi connectivity index (χ1n) is 8.33. The van der Waals surface area contributed by atoms with E-state index in [1.165, 1.54) is 5.56 Å². The van der Waals surface area contributed by atoms with Crippen LogP contribution in [0.4, 0.5) is 0 Å². The van der Waals surface area contributed by atoms with Gasteiger partial charge in [0.05, 0.1) is 29.8 Å². The molecule has 3 heterocycles. The number of amides is 1. The predicted octanol–water partition coefficient (Wildman–Crippen LogP) is 1.39. The van der Waals surface area contributed by atoms with Crippen molar-refractivity contribution in [2.45, 2.75) is 38.9 Å². The van der Waals surface area contributed by atoms with Gasteiger partial charge in [0.15, 0.2) is 0 Å². The molecule has 2 aromatic heterocycles. The Labute approximate surface area is 142 Å². The standard InChI is InChI=1S/C17H26N6O/c1-12(2)23-8-13(6-19-23)7-22-9-14(17(24)20(3)4)16-15(10-22)18-11-21(16)5/h6,8,11-12,14H,7,9-10H2,1-5H3/t14-/m1/s1. The molecule has 0 spiro atoms. The molecule has 24 heavy (non-hydrogen) atoms. The molecule has 1 aliphatic rings. The number of aromatic nitrogens is 4. The number of likely N-dealkylation sites (N-methyl/N-ethyl adjacent to an activating group) is 1. The van der Waals surface area contributed by atoms with Crippen LogP contribution in [0.15, 0.2) is 18.7 Å². The van der Waals surface area contributed by atoms with E-state index in [2.05, 4.69) is 35.0 Å². The number of aryl methyl sites for hydroxylation is 1. The van der Waals surface area contributed by atoms with Crippen LogP contribution in [-0.2, 0) is 24.9 Å². The van der Waals surface area contributed by atoms with Gasteiger partial charge in [-0.15, -0.1) is 0 Å². The highest BCUT2D eigenvalue weighted by Gasteiger charge is 2.34. The first-order valence-corrected chi connectivity index (χ1v) is 8.33. The van der Waals surface area contributed by atoms with Crippen LogP contribution in [0.2, 0.25) is 0 Å². The maximum atomic E-state index is 12.6. The van der Waals surface area contributed by atoms with E-state index in [4.69, 9.17) is 0 Å². The molecule has 130 valence electrons. The quantitative estimate of drug-likeness (QED) is 0.850. The number of imidazole rings is 1. The minimum atomic E-state index is -0.170. The molecule has 0 fully saturated rings. The van der Waals surface area contributed by atoms with Crippen molar-refractivity contribution < 1.29 is 4.79 Å². The smallest absolute Gasteiger partial charge is 0.232 e. The van der Waals surface area contributed by atoms with Crippen LogP contribution in [0.1, 0.15) is 42.8 Å². The summed E-state index contributed by atoms with van der Waals surface area (Å²) in [6.45, 7) is 6.48. The largest absolute Gasteiger partial charge is 0.348 e. The van der Waals surface area contributed by atoms with E-state index in [1.807, 2.05) is 36.6 Å². The lowest BCUT2D eigenvalue weighted by Crippen LogP contribution is -2.41. The summed E-state index contributed by atoms with van der Waals surface area (Å²) in [7, 11) is 5.58. The van der Waals surface area contributed by atoms with Crippen LogP contribution in [0.25, 0.3) is 0 Å². The van der Waals surface area contributed by atoms with Gasteiger partial charge in [-0.05, 0) is 13.8 Å². The third-order valence-corrected chi connectivity index (χ3v) is 4.54. The Morgan fingerprint density at radius 3 is 2.79 bits per heavy atom. The van der Waals surface area contributed by atoms with Crippen molar-refractivity contribution in [2.75, 3.05) is 20.6 Å². The topological polar surface area (TPSA) is 59.2 Å². The monoisotopic (exact) mass is 330 g/mol.